The fourth-order valence-corrected chi connectivity index (χ4v) is 4.65. The number of carboxylic acids is 1. The van der Waals surface area contributed by atoms with Crippen molar-refractivity contribution >= 4 is 40.5 Å². The summed E-state index contributed by atoms with van der Waals surface area (Å²) < 4.78 is 0. The summed E-state index contributed by atoms with van der Waals surface area (Å²) in [5.41, 5.74) is 5.01. The van der Waals surface area contributed by atoms with Crippen molar-refractivity contribution in [3.63, 3.8) is 0 Å². The molecule has 9 heteroatoms. The summed E-state index contributed by atoms with van der Waals surface area (Å²) in [6, 6.07) is 18.0. The Kier molecular flexibility index (Phi) is 6.12. The second-order valence-electron chi connectivity index (χ2n) is 8.52. The predicted molar refractivity (Wildman–Crippen MR) is 138 cm³/mol. The number of allylic oxidation sites excluding steroid dienone is 4. The van der Waals surface area contributed by atoms with Crippen molar-refractivity contribution in [2.45, 2.75) is 12.8 Å². The van der Waals surface area contributed by atoms with E-state index in [1.54, 1.807) is 66.7 Å². The van der Waals surface area contributed by atoms with Gasteiger partial charge in [0.1, 0.15) is 0 Å². The second kappa shape index (κ2) is 9.56. The molecule has 0 atom stereocenters. The number of carbonyl (C=O) groups excluding carboxylic acids is 3. The number of fused-ring (bicyclic) bond motifs is 2. The number of rotatable bonds is 6. The predicted octanol–water partition coefficient (Wildman–Crippen LogP) is 4.20. The average Bonchev–Trinajstić information content (AvgIpc) is 2.91. The zero-order chi connectivity index (χ0) is 26.1. The number of ketones is 2. The first-order chi connectivity index (χ1) is 17.9. The Balaban J connectivity index is 1.58. The van der Waals surface area contributed by atoms with E-state index < -0.39 is 11.9 Å². The SMILES string of the molecule is NNC(=O)c1ccccc1Nc1cccc2c1C(=O)C1=CCCC(Nc3ccccc3C(=O)O)=C1C2=O. The van der Waals surface area contributed by atoms with E-state index in [1.807, 2.05) is 0 Å². The van der Waals surface area contributed by atoms with Crippen molar-refractivity contribution in [1.82, 2.24) is 5.43 Å². The zero-order valence-corrected chi connectivity index (χ0v) is 19.5. The Hall–Kier alpha value is -5.02. The molecule has 3 aromatic carbocycles. The third kappa shape index (κ3) is 4.17. The van der Waals surface area contributed by atoms with E-state index in [9.17, 15) is 24.3 Å². The van der Waals surface area contributed by atoms with Gasteiger partial charge in [0.05, 0.1) is 39.3 Å². The number of aromatic carboxylic acids is 1. The molecule has 6 N–H and O–H groups in total. The number of anilines is 3. The molecule has 37 heavy (non-hydrogen) atoms. The Labute approximate surface area is 211 Å². The molecule has 0 radical (unpaired) electrons. The standard InChI is InChI=1S/C28H22N4O5/c29-32-27(35)15-7-1-3-11-19(15)30-21-13-5-9-17-23(21)25(33)18-10-6-14-22(24(18)26(17)34)31-20-12-4-2-8-16(20)28(36)37/h1-5,7-13,30-31H,6,14,29H2,(H,32,35)(H,36,37). The number of nitrogens with one attached hydrogen (secondary N) is 3. The van der Waals surface area contributed by atoms with Crippen molar-refractivity contribution in [2.75, 3.05) is 10.6 Å². The van der Waals surface area contributed by atoms with Gasteiger partial charge in [0.2, 0.25) is 0 Å². The van der Waals surface area contributed by atoms with Gasteiger partial charge in [-0.1, -0.05) is 42.5 Å². The lowest BCUT2D eigenvalue weighted by Gasteiger charge is -2.28. The van der Waals surface area contributed by atoms with Crippen molar-refractivity contribution in [3.05, 3.63) is 112 Å². The summed E-state index contributed by atoms with van der Waals surface area (Å²) in [4.78, 5) is 51.4. The third-order valence-electron chi connectivity index (χ3n) is 6.34. The Morgan fingerprint density at radius 1 is 0.784 bits per heavy atom. The number of carbonyl (C=O) groups is 4. The van der Waals surface area contributed by atoms with Crippen LogP contribution in [-0.2, 0) is 0 Å². The molecule has 0 heterocycles. The number of carboxylic acid groups (broad SMARTS) is 1. The molecule has 0 aliphatic heterocycles. The minimum absolute atomic E-state index is 0.0633. The third-order valence-corrected chi connectivity index (χ3v) is 6.34. The number of hydrogen-bond donors (Lipinski definition) is 5. The van der Waals surface area contributed by atoms with Crippen molar-refractivity contribution in [1.29, 1.82) is 0 Å². The number of benzene rings is 3. The van der Waals surface area contributed by atoms with E-state index in [0.717, 1.165) is 0 Å². The van der Waals surface area contributed by atoms with Crippen molar-refractivity contribution in [2.24, 2.45) is 5.84 Å². The Bertz CT molecular complexity index is 1550. The summed E-state index contributed by atoms with van der Waals surface area (Å²) in [7, 11) is 0. The van der Waals surface area contributed by atoms with E-state index in [-0.39, 0.29) is 45.0 Å². The number of nitrogen functional groups attached to an aromatic ring is 1. The monoisotopic (exact) mass is 494 g/mol. The molecule has 0 saturated carbocycles. The Morgan fingerprint density at radius 3 is 2.14 bits per heavy atom. The van der Waals surface area contributed by atoms with Gasteiger partial charge < -0.3 is 15.7 Å². The second-order valence-corrected chi connectivity index (χ2v) is 8.52. The fraction of sp³-hybridized carbons (Fsp3) is 0.0714. The number of hydrogen-bond acceptors (Lipinski definition) is 7. The van der Waals surface area contributed by atoms with Crippen LogP contribution in [-0.4, -0.2) is 28.5 Å². The molecule has 0 aromatic heterocycles. The van der Waals surface area contributed by atoms with Crippen LogP contribution in [0.4, 0.5) is 17.1 Å². The van der Waals surface area contributed by atoms with Gasteiger partial charge in [0, 0.05) is 16.8 Å². The van der Waals surface area contributed by atoms with Gasteiger partial charge in [-0.05, 0) is 43.2 Å². The van der Waals surface area contributed by atoms with Crippen LogP contribution in [0.15, 0.2) is 89.6 Å². The minimum atomic E-state index is -1.10. The maximum absolute atomic E-state index is 13.7. The number of hydrazine groups is 1. The normalized spacial score (nSPS) is 14.4. The van der Waals surface area contributed by atoms with Gasteiger partial charge in [-0.3, -0.25) is 19.8 Å². The molecule has 0 bridgehead atoms. The molecule has 2 aliphatic carbocycles. The molecule has 0 fully saturated rings. The van der Waals surface area contributed by atoms with Crippen LogP contribution in [0.1, 0.15) is 54.3 Å². The van der Waals surface area contributed by atoms with Crippen LogP contribution < -0.4 is 21.9 Å². The average molecular weight is 495 g/mol. The lowest BCUT2D eigenvalue weighted by Crippen LogP contribution is -2.30. The maximum atomic E-state index is 13.7. The highest BCUT2D eigenvalue weighted by Crippen LogP contribution is 2.40. The Morgan fingerprint density at radius 2 is 1.43 bits per heavy atom. The molecule has 0 unspecified atom stereocenters. The van der Waals surface area contributed by atoms with Crippen LogP contribution in [0.5, 0.6) is 0 Å². The topological polar surface area (TPSA) is 151 Å². The molecule has 2 aliphatic rings. The van der Waals surface area contributed by atoms with Crippen molar-refractivity contribution < 1.29 is 24.3 Å². The molecular weight excluding hydrogens is 472 g/mol. The van der Waals surface area contributed by atoms with Crippen LogP contribution >= 0.6 is 0 Å². The lowest BCUT2D eigenvalue weighted by atomic mass is 9.77. The summed E-state index contributed by atoms with van der Waals surface area (Å²) >= 11 is 0. The smallest absolute Gasteiger partial charge is 0.337 e. The molecule has 1 amide bonds. The molecule has 0 spiro atoms. The first-order valence-electron chi connectivity index (χ1n) is 11.5. The minimum Gasteiger partial charge on any atom is -0.478 e. The van der Waals surface area contributed by atoms with E-state index >= 15 is 0 Å². The maximum Gasteiger partial charge on any atom is 0.337 e. The van der Waals surface area contributed by atoms with Crippen LogP contribution in [0.25, 0.3) is 0 Å². The van der Waals surface area contributed by atoms with Crippen LogP contribution in [0.3, 0.4) is 0 Å². The number of Topliss-reactive ketones (excluding diaryl/α,β-unsaturated/α-hetero) is 2. The molecule has 5 rings (SSSR count). The zero-order valence-electron chi connectivity index (χ0n) is 19.5. The molecule has 0 saturated heterocycles. The summed E-state index contributed by atoms with van der Waals surface area (Å²) in [6.07, 6.45) is 2.68. The van der Waals surface area contributed by atoms with E-state index in [0.29, 0.717) is 35.6 Å². The van der Waals surface area contributed by atoms with E-state index in [1.165, 1.54) is 6.07 Å². The van der Waals surface area contributed by atoms with E-state index in [2.05, 4.69) is 16.1 Å². The molecular formula is C28H22N4O5. The summed E-state index contributed by atoms with van der Waals surface area (Å²) in [5, 5.41) is 15.8. The molecule has 3 aromatic rings. The largest absolute Gasteiger partial charge is 0.478 e. The first kappa shape index (κ1) is 23.7. The number of amides is 1. The number of nitrogens with two attached hydrogens (primary N) is 1. The quantitative estimate of drug-likeness (QED) is 0.194. The first-order valence-corrected chi connectivity index (χ1v) is 11.5. The molecule has 9 nitrogen and oxygen atoms in total. The van der Waals surface area contributed by atoms with Gasteiger partial charge >= 0.3 is 5.97 Å². The highest BCUT2D eigenvalue weighted by atomic mass is 16.4. The van der Waals surface area contributed by atoms with E-state index in [4.69, 9.17) is 5.84 Å². The van der Waals surface area contributed by atoms with Crippen molar-refractivity contribution in [3.8, 4) is 0 Å². The van der Waals surface area contributed by atoms with Crippen LogP contribution in [0, 0.1) is 0 Å². The van der Waals surface area contributed by atoms with Gasteiger partial charge in [-0.2, -0.15) is 0 Å². The summed E-state index contributed by atoms with van der Waals surface area (Å²) in [6.45, 7) is 0. The highest BCUT2D eigenvalue weighted by Gasteiger charge is 2.37. The molecule has 184 valence electrons. The summed E-state index contributed by atoms with van der Waals surface area (Å²) in [5.74, 6) is 3.03. The van der Waals surface area contributed by atoms with Crippen LogP contribution in [0.2, 0.25) is 0 Å². The van der Waals surface area contributed by atoms with Gasteiger partial charge in [0.15, 0.2) is 11.6 Å². The highest BCUT2D eigenvalue weighted by molar-refractivity contribution is 6.33. The fourth-order valence-electron chi connectivity index (χ4n) is 4.65. The van der Waals surface area contributed by atoms with Gasteiger partial charge in [0.25, 0.3) is 5.91 Å². The van der Waals surface area contributed by atoms with Gasteiger partial charge in [-0.15, -0.1) is 0 Å². The lowest BCUT2D eigenvalue weighted by molar-refractivity contribution is 0.0697. The number of para-hydroxylation sites is 2. The van der Waals surface area contributed by atoms with Gasteiger partial charge in [-0.25, -0.2) is 10.6 Å².